The monoisotopic (exact) mass is 291 g/mol. The van der Waals surface area contributed by atoms with Gasteiger partial charge in [-0.25, -0.2) is 0 Å². The van der Waals surface area contributed by atoms with Crippen LogP contribution in [0, 0.1) is 17.2 Å². The van der Waals surface area contributed by atoms with Gasteiger partial charge < -0.3 is 4.74 Å². The highest BCUT2D eigenvalue weighted by molar-refractivity contribution is 5.46. The third-order valence-corrected chi connectivity index (χ3v) is 4.62. The lowest BCUT2D eigenvalue weighted by atomic mass is 9.86. The van der Waals surface area contributed by atoms with Crippen molar-refractivity contribution in [1.29, 1.82) is 5.26 Å². The van der Waals surface area contributed by atoms with Gasteiger partial charge in [-0.2, -0.15) is 5.26 Å². The van der Waals surface area contributed by atoms with Crippen molar-refractivity contribution in [2.75, 3.05) is 19.7 Å². The number of benzene rings is 1. The highest BCUT2D eigenvalue weighted by atomic mass is 16.5. The van der Waals surface area contributed by atoms with Crippen LogP contribution in [0.3, 0.4) is 0 Å². The third-order valence-electron chi connectivity index (χ3n) is 4.62. The van der Waals surface area contributed by atoms with Crippen LogP contribution in [0.25, 0.3) is 0 Å². The van der Waals surface area contributed by atoms with Gasteiger partial charge >= 0.3 is 0 Å². The molecule has 4 nitrogen and oxygen atoms in total. The normalized spacial score (nSPS) is 23.2. The molecule has 0 spiro atoms. The first-order chi connectivity index (χ1) is 10.8. The van der Waals surface area contributed by atoms with Gasteiger partial charge in [0.1, 0.15) is 5.75 Å². The van der Waals surface area contributed by atoms with Crippen LogP contribution in [0.15, 0.2) is 42.6 Å². The van der Waals surface area contributed by atoms with Crippen molar-refractivity contribution in [3.63, 3.8) is 0 Å². The van der Waals surface area contributed by atoms with E-state index in [1.807, 2.05) is 36.5 Å². The van der Waals surface area contributed by atoms with Gasteiger partial charge in [-0.15, -0.1) is 0 Å². The fourth-order valence-corrected chi connectivity index (χ4v) is 3.57. The van der Waals surface area contributed by atoms with Crippen molar-refractivity contribution in [2.24, 2.45) is 5.92 Å². The van der Waals surface area contributed by atoms with Crippen molar-refractivity contribution < 1.29 is 4.74 Å². The van der Waals surface area contributed by atoms with Crippen LogP contribution in [0.2, 0.25) is 0 Å². The van der Waals surface area contributed by atoms with E-state index in [1.165, 1.54) is 5.56 Å². The van der Waals surface area contributed by atoms with E-state index < -0.39 is 0 Å². The lowest BCUT2D eigenvalue weighted by molar-refractivity contribution is 0.212. The maximum atomic E-state index is 9.12. The molecule has 2 atom stereocenters. The predicted molar refractivity (Wildman–Crippen MR) is 82.4 cm³/mol. The van der Waals surface area contributed by atoms with E-state index in [9.17, 15) is 0 Å². The van der Waals surface area contributed by atoms with Crippen molar-refractivity contribution in [3.8, 4) is 11.8 Å². The zero-order chi connectivity index (χ0) is 14.9. The molecule has 0 amide bonds. The minimum Gasteiger partial charge on any atom is -0.493 e. The Morgan fingerprint density at radius 3 is 3.05 bits per heavy atom. The standard InChI is InChI=1S/C18H17N3O/c19-8-13-4-5-18-16(7-13)17-11-21(9-14(17)12-22-18)10-15-3-1-2-6-20-15/h1-7,14,17H,9-12H2. The summed E-state index contributed by atoms with van der Waals surface area (Å²) < 4.78 is 5.88. The Kier molecular flexibility index (Phi) is 3.28. The molecule has 1 aromatic carbocycles. The Morgan fingerprint density at radius 1 is 1.27 bits per heavy atom. The first kappa shape index (κ1) is 13.3. The van der Waals surface area contributed by atoms with Gasteiger partial charge in [0.25, 0.3) is 0 Å². The Hall–Kier alpha value is -2.38. The molecule has 2 aliphatic rings. The molecular formula is C18H17N3O. The van der Waals surface area contributed by atoms with E-state index in [2.05, 4.69) is 22.0 Å². The fourth-order valence-electron chi connectivity index (χ4n) is 3.57. The minimum atomic E-state index is 0.459. The molecule has 1 saturated heterocycles. The highest BCUT2D eigenvalue weighted by Crippen LogP contribution is 2.42. The molecule has 22 heavy (non-hydrogen) atoms. The van der Waals surface area contributed by atoms with E-state index in [0.29, 0.717) is 17.4 Å². The molecule has 1 aromatic heterocycles. The number of hydrogen-bond acceptors (Lipinski definition) is 4. The van der Waals surface area contributed by atoms with Crippen LogP contribution in [-0.2, 0) is 6.54 Å². The molecule has 2 unspecified atom stereocenters. The van der Waals surface area contributed by atoms with E-state index in [0.717, 1.165) is 37.7 Å². The topological polar surface area (TPSA) is 49.2 Å². The van der Waals surface area contributed by atoms with Gasteiger partial charge in [0.05, 0.1) is 23.9 Å². The summed E-state index contributed by atoms with van der Waals surface area (Å²) in [5, 5.41) is 9.12. The average molecular weight is 291 g/mol. The lowest BCUT2D eigenvalue weighted by Crippen LogP contribution is -2.25. The van der Waals surface area contributed by atoms with E-state index >= 15 is 0 Å². The Balaban J connectivity index is 1.56. The number of fused-ring (bicyclic) bond motifs is 3. The van der Waals surface area contributed by atoms with Crippen molar-refractivity contribution >= 4 is 0 Å². The number of nitrogens with zero attached hydrogens (tertiary/aromatic N) is 3. The van der Waals surface area contributed by atoms with Crippen LogP contribution in [0.4, 0.5) is 0 Å². The molecule has 0 radical (unpaired) electrons. The third kappa shape index (κ3) is 2.34. The Morgan fingerprint density at radius 2 is 2.23 bits per heavy atom. The number of pyridine rings is 1. The molecule has 0 saturated carbocycles. The van der Waals surface area contributed by atoms with E-state index in [1.54, 1.807) is 0 Å². The van der Waals surface area contributed by atoms with E-state index in [4.69, 9.17) is 10.00 Å². The highest BCUT2D eigenvalue weighted by Gasteiger charge is 2.38. The second kappa shape index (κ2) is 5.43. The molecular weight excluding hydrogens is 274 g/mol. The van der Waals surface area contributed by atoms with Crippen LogP contribution >= 0.6 is 0 Å². The maximum Gasteiger partial charge on any atom is 0.122 e. The summed E-state index contributed by atoms with van der Waals surface area (Å²) in [6, 6.07) is 14.0. The number of hydrogen-bond donors (Lipinski definition) is 0. The van der Waals surface area contributed by atoms with E-state index in [-0.39, 0.29) is 0 Å². The molecule has 3 heterocycles. The molecule has 110 valence electrons. The zero-order valence-electron chi connectivity index (χ0n) is 12.3. The molecule has 1 fully saturated rings. The minimum absolute atomic E-state index is 0.459. The van der Waals surface area contributed by atoms with Gasteiger partial charge in [-0.05, 0) is 30.3 Å². The number of nitriles is 1. The summed E-state index contributed by atoms with van der Waals surface area (Å²) in [7, 11) is 0. The summed E-state index contributed by atoms with van der Waals surface area (Å²) in [6.45, 7) is 3.67. The second-order valence-electron chi connectivity index (χ2n) is 6.06. The van der Waals surface area contributed by atoms with Crippen molar-refractivity contribution in [3.05, 3.63) is 59.4 Å². The SMILES string of the molecule is N#Cc1ccc2c(c1)C1CN(Cc3ccccn3)CC1CO2. The average Bonchev–Trinajstić information content (AvgIpc) is 2.98. The Bertz CT molecular complexity index is 723. The van der Waals surface area contributed by atoms with Crippen LogP contribution in [-0.4, -0.2) is 29.6 Å². The first-order valence-electron chi connectivity index (χ1n) is 7.62. The maximum absolute atomic E-state index is 9.12. The number of aromatic nitrogens is 1. The van der Waals surface area contributed by atoms with Crippen LogP contribution in [0.5, 0.6) is 5.75 Å². The van der Waals surface area contributed by atoms with Gasteiger partial charge in [-0.3, -0.25) is 9.88 Å². The summed E-state index contributed by atoms with van der Waals surface area (Å²) >= 11 is 0. The van der Waals surface area contributed by atoms with Crippen LogP contribution < -0.4 is 4.74 Å². The second-order valence-corrected chi connectivity index (χ2v) is 6.06. The first-order valence-corrected chi connectivity index (χ1v) is 7.62. The van der Waals surface area contributed by atoms with Crippen LogP contribution in [0.1, 0.15) is 22.7 Å². The molecule has 0 aliphatic carbocycles. The summed E-state index contributed by atoms with van der Waals surface area (Å²) in [4.78, 5) is 6.85. The molecule has 0 N–H and O–H groups in total. The number of rotatable bonds is 2. The van der Waals surface area contributed by atoms with Crippen molar-refractivity contribution in [1.82, 2.24) is 9.88 Å². The molecule has 4 heteroatoms. The number of likely N-dealkylation sites (tertiary alicyclic amines) is 1. The molecule has 2 aliphatic heterocycles. The predicted octanol–water partition coefficient (Wildman–Crippen LogP) is 2.56. The van der Waals surface area contributed by atoms with Gasteiger partial charge in [0.15, 0.2) is 0 Å². The van der Waals surface area contributed by atoms with Crippen molar-refractivity contribution in [2.45, 2.75) is 12.5 Å². The zero-order valence-corrected chi connectivity index (χ0v) is 12.3. The lowest BCUT2D eigenvalue weighted by Gasteiger charge is -2.27. The number of ether oxygens (including phenoxy) is 1. The molecule has 2 aromatic rings. The molecule has 4 rings (SSSR count). The largest absolute Gasteiger partial charge is 0.493 e. The summed E-state index contributed by atoms with van der Waals surface area (Å²) in [5.74, 6) is 1.91. The van der Waals surface area contributed by atoms with Gasteiger partial charge in [0.2, 0.25) is 0 Å². The summed E-state index contributed by atoms with van der Waals surface area (Å²) in [6.07, 6.45) is 1.84. The summed E-state index contributed by atoms with van der Waals surface area (Å²) in [5.41, 5.74) is 3.01. The molecule has 0 bridgehead atoms. The fraction of sp³-hybridized carbons (Fsp3) is 0.333. The Labute approximate surface area is 130 Å². The van der Waals surface area contributed by atoms with Gasteiger partial charge in [0, 0.05) is 43.2 Å². The quantitative estimate of drug-likeness (QED) is 0.853. The van der Waals surface area contributed by atoms with Gasteiger partial charge in [-0.1, -0.05) is 6.07 Å². The smallest absolute Gasteiger partial charge is 0.122 e.